The Hall–Kier alpha value is 0.898. The highest BCUT2D eigenvalue weighted by molar-refractivity contribution is 7.84. The van der Waals surface area contributed by atoms with Gasteiger partial charge in [-0.25, -0.2) is 0 Å². The van der Waals surface area contributed by atoms with E-state index >= 15 is 0 Å². The van der Waals surface area contributed by atoms with Crippen LogP contribution < -0.4 is 0 Å². The fourth-order valence-corrected chi connectivity index (χ4v) is 16.7. The van der Waals surface area contributed by atoms with Crippen LogP contribution in [0.3, 0.4) is 0 Å². The highest BCUT2D eigenvalue weighted by atomic mass is 32.2. The molecule has 0 aromatic heterocycles. The molecule has 0 saturated carbocycles. The Morgan fingerprint density at radius 3 is 1.30 bits per heavy atom. The predicted molar refractivity (Wildman–Crippen MR) is 131 cm³/mol. The first-order valence-electron chi connectivity index (χ1n) is 11.0. The summed E-state index contributed by atoms with van der Waals surface area (Å²) in [7, 11) is -6.54. The predicted octanol–water partition coefficient (Wildman–Crippen LogP) is 4.81. The van der Waals surface area contributed by atoms with Crippen LogP contribution in [0.25, 0.3) is 0 Å². The van der Waals surface area contributed by atoms with Gasteiger partial charge in [0.1, 0.15) is 0 Å². The maximum absolute atomic E-state index is 11.0. The van der Waals surface area contributed by atoms with Gasteiger partial charge in [0.2, 0.25) is 0 Å². The lowest BCUT2D eigenvalue weighted by Crippen LogP contribution is -2.53. The lowest BCUT2D eigenvalue weighted by Gasteiger charge is -2.35. The number of rotatable bonds is 18. The number of unbranched alkanes of at least 4 members (excludes halogenated alkanes) is 8. The van der Waals surface area contributed by atoms with Crippen molar-refractivity contribution in [3.05, 3.63) is 0 Å². The summed E-state index contributed by atoms with van der Waals surface area (Å²) in [6, 6.07) is 1.02. The van der Waals surface area contributed by atoms with Crippen LogP contribution in [-0.4, -0.2) is 52.1 Å². The largest absolute Gasteiger partial charge is 0.468 e. The molecule has 0 N–H and O–H groups in total. The van der Waals surface area contributed by atoms with Crippen LogP contribution in [0.2, 0.25) is 45.3 Å². The zero-order chi connectivity index (χ0) is 20.7. The van der Waals surface area contributed by atoms with Crippen LogP contribution in [0.15, 0.2) is 0 Å². The molecule has 0 saturated heterocycles. The molecule has 27 heavy (non-hydrogen) atoms. The van der Waals surface area contributed by atoms with Crippen molar-refractivity contribution in [1.82, 2.24) is 0 Å². The smallest absolute Gasteiger partial charge is 0.420 e. The van der Waals surface area contributed by atoms with Crippen LogP contribution in [0.5, 0.6) is 0 Å². The summed E-state index contributed by atoms with van der Waals surface area (Å²) in [4.78, 5) is 0. The molecule has 0 aliphatic heterocycles. The Balaban J connectivity index is 4.06. The molecule has 1 atom stereocenters. The average Bonchev–Trinajstić information content (AvgIpc) is 2.50. The monoisotopic (exact) mass is 470 g/mol. The van der Waals surface area contributed by atoms with Gasteiger partial charge in [0.05, 0.1) is 0 Å². The third kappa shape index (κ3) is 17.5. The van der Waals surface area contributed by atoms with Crippen LogP contribution >= 0.6 is 0 Å². The Labute approximate surface area is 178 Å². The zero-order valence-corrected chi connectivity index (χ0v) is 24.3. The van der Waals surface area contributed by atoms with Crippen LogP contribution in [-0.2, 0) is 23.1 Å². The molecule has 0 aliphatic carbocycles. The van der Waals surface area contributed by atoms with Crippen molar-refractivity contribution >= 4 is 46.7 Å². The molecular formula is C18H46O4SSi4. The fourth-order valence-electron chi connectivity index (χ4n) is 3.22. The lowest BCUT2D eigenvalue weighted by molar-refractivity contribution is 0.266. The van der Waals surface area contributed by atoms with E-state index in [0.717, 1.165) is 18.2 Å². The molecule has 0 rings (SSSR count). The van der Waals surface area contributed by atoms with Gasteiger partial charge in [-0.15, -0.1) is 0 Å². The van der Waals surface area contributed by atoms with Gasteiger partial charge < -0.3 is 12.3 Å². The van der Waals surface area contributed by atoms with Crippen molar-refractivity contribution in [3.63, 3.8) is 0 Å². The van der Waals surface area contributed by atoms with Crippen LogP contribution in [0.4, 0.5) is 0 Å². The first-order valence-corrected chi connectivity index (χ1v) is 23.0. The first-order chi connectivity index (χ1) is 12.7. The van der Waals surface area contributed by atoms with Gasteiger partial charge in [0.25, 0.3) is 0 Å². The molecular weight excluding hydrogens is 425 g/mol. The molecule has 0 amide bonds. The number of hydrogen-bond acceptors (Lipinski definition) is 4. The summed E-state index contributed by atoms with van der Waals surface area (Å²) < 4.78 is 30.3. The van der Waals surface area contributed by atoms with Crippen molar-refractivity contribution in [1.29, 1.82) is 0 Å². The molecule has 0 bridgehead atoms. The summed E-state index contributed by atoms with van der Waals surface area (Å²) in [5, 5.41) is 0. The van der Waals surface area contributed by atoms with Gasteiger partial charge in [-0.05, 0) is 52.1 Å². The highest BCUT2D eigenvalue weighted by Crippen LogP contribution is 2.23. The molecule has 1 unspecified atom stereocenters. The SMILES string of the molecule is C[SiH](C)O[Si](CCCCCCCCCCCS(C)=O)(O[SiH](C)C)O[SiH](C)C. The number of hydrogen-bond donors (Lipinski definition) is 0. The summed E-state index contributed by atoms with van der Waals surface area (Å²) in [5.74, 6) is 0.871. The lowest BCUT2D eigenvalue weighted by atomic mass is 10.1. The van der Waals surface area contributed by atoms with Gasteiger partial charge >= 0.3 is 8.80 Å². The zero-order valence-electron chi connectivity index (χ0n) is 19.1. The second-order valence-electron chi connectivity index (χ2n) is 8.39. The third-order valence-electron chi connectivity index (χ3n) is 4.16. The van der Waals surface area contributed by atoms with E-state index in [9.17, 15) is 4.21 Å². The first kappa shape index (κ1) is 27.9. The Bertz CT molecular complexity index is 358. The second-order valence-corrected chi connectivity index (χ2v) is 20.9. The summed E-state index contributed by atoms with van der Waals surface area (Å²) >= 11 is 0. The van der Waals surface area contributed by atoms with Gasteiger partial charge in [0, 0.05) is 28.9 Å². The van der Waals surface area contributed by atoms with E-state index in [0.29, 0.717) is 0 Å². The normalized spacial score (nSPS) is 13.9. The van der Waals surface area contributed by atoms with Crippen molar-refractivity contribution in [2.45, 2.75) is 103 Å². The topological polar surface area (TPSA) is 44.8 Å². The molecule has 0 aliphatic rings. The standard InChI is InChI=1S/C18H46O4SSi4/c1-23(19)17-15-13-11-9-8-10-12-14-16-18-27(20-24(2)3,21-25(4)5)22-26(6)7/h24-26H,8-18H2,1-7H3. The molecule has 9 heteroatoms. The minimum atomic E-state index is -2.42. The van der Waals surface area contributed by atoms with Gasteiger partial charge in [-0.1, -0.05) is 44.9 Å². The highest BCUT2D eigenvalue weighted by Gasteiger charge is 2.42. The van der Waals surface area contributed by atoms with Crippen LogP contribution in [0, 0.1) is 0 Å². The van der Waals surface area contributed by atoms with Gasteiger partial charge in [-0.2, -0.15) is 0 Å². The van der Waals surface area contributed by atoms with E-state index in [1.807, 2.05) is 0 Å². The second kappa shape index (κ2) is 16.7. The summed E-state index contributed by atoms with van der Waals surface area (Å²) in [6.45, 7) is 13.4. The van der Waals surface area contributed by atoms with E-state index in [-0.39, 0.29) is 0 Å². The van der Waals surface area contributed by atoms with E-state index in [4.69, 9.17) is 12.3 Å². The van der Waals surface area contributed by atoms with Gasteiger partial charge in [-0.3, -0.25) is 4.21 Å². The van der Waals surface area contributed by atoms with E-state index < -0.39 is 46.7 Å². The average molecular weight is 471 g/mol. The minimum Gasteiger partial charge on any atom is -0.420 e. The minimum absolute atomic E-state index is 0.618. The summed E-state index contributed by atoms with van der Waals surface area (Å²) in [5.41, 5.74) is 0. The maximum atomic E-state index is 11.0. The molecule has 0 spiro atoms. The Morgan fingerprint density at radius 2 is 0.963 bits per heavy atom. The maximum Gasteiger partial charge on any atom is 0.468 e. The van der Waals surface area contributed by atoms with Crippen molar-refractivity contribution in [2.24, 2.45) is 0 Å². The molecule has 0 fully saturated rings. The molecule has 0 heterocycles. The quantitative estimate of drug-likeness (QED) is 0.213. The Kier molecular flexibility index (Phi) is 17.2. The molecule has 164 valence electrons. The summed E-state index contributed by atoms with van der Waals surface area (Å²) in [6.07, 6.45) is 13.2. The third-order valence-corrected chi connectivity index (χ3v) is 16.0. The molecule has 0 aromatic rings. The van der Waals surface area contributed by atoms with E-state index in [1.54, 1.807) is 6.26 Å². The van der Waals surface area contributed by atoms with Crippen LogP contribution in [0.1, 0.15) is 57.8 Å². The van der Waals surface area contributed by atoms with Crippen molar-refractivity contribution in [2.75, 3.05) is 12.0 Å². The molecule has 0 radical (unpaired) electrons. The Morgan fingerprint density at radius 1 is 0.630 bits per heavy atom. The molecule has 4 nitrogen and oxygen atoms in total. The van der Waals surface area contributed by atoms with E-state index in [2.05, 4.69) is 39.3 Å². The van der Waals surface area contributed by atoms with Gasteiger partial charge in [0.15, 0.2) is 27.1 Å². The van der Waals surface area contributed by atoms with Crippen molar-refractivity contribution in [3.8, 4) is 0 Å². The van der Waals surface area contributed by atoms with Crippen molar-refractivity contribution < 1.29 is 16.6 Å². The fraction of sp³-hybridized carbons (Fsp3) is 1.00. The molecule has 0 aromatic carbocycles. The van der Waals surface area contributed by atoms with E-state index in [1.165, 1.54) is 51.4 Å².